The second kappa shape index (κ2) is 9.01. The standard InChI is InChI=1S/C10H20F3N3O3S/c1-14-9(15-4-3-10(11,12)13)16-5-6-19-7-8-20(2,17)18/h3-8H2,1-2H3,(H2,14,15,16). The third kappa shape index (κ3) is 13.4. The number of halogens is 3. The van der Waals surface area contributed by atoms with E-state index in [0.29, 0.717) is 6.54 Å². The van der Waals surface area contributed by atoms with Crippen LogP contribution in [-0.2, 0) is 14.6 Å². The molecule has 0 fully saturated rings. The van der Waals surface area contributed by atoms with E-state index in [1.807, 2.05) is 0 Å². The Kier molecular flexibility index (Phi) is 8.54. The average molecular weight is 319 g/mol. The van der Waals surface area contributed by atoms with E-state index in [-0.39, 0.29) is 31.5 Å². The molecule has 0 aromatic carbocycles. The Labute approximate surface area is 116 Å². The summed E-state index contributed by atoms with van der Waals surface area (Å²) in [6, 6.07) is 0. The van der Waals surface area contributed by atoms with Gasteiger partial charge in [-0.25, -0.2) is 8.42 Å². The third-order valence-corrected chi connectivity index (χ3v) is 2.97. The lowest BCUT2D eigenvalue weighted by Crippen LogP contribution is -2.40. The van der Waals surface area contributed by atoms with Crippen LogP contribution in [0.25, 0.3) is 0 Å². The van der Waals surface area contributed by atoms with Crippen molar-refractivity contribution in [2.75, 3.05) is 45.4 Å². The molecule has 20 heavy (non-hydrogen) atoms. The topological polar surface area (TPSA) is 79.8 Å². The van der Waals surface area contributed by atoms with Crippen LogP contribution in [0.2, 0.25) is 0 Å². The van der Waals surface area contributed by atoms with E-state index in [1.54, 1.807) is 0 Å². The molecule has 2 N–H and O–H groups in total. The summed E-state index contributed by atoms with van der Waals surface area (Å²) in [7, 11) is -1.61. The van der Waals surface area contributed by atoms with Crippen LogP contribution in [0.15, 0.2) is 4.99 Å². The smallest absolute Gasteiger partial charge is 0.379 e. The molecule has 0 aliphatic rings. The number of nitrogens with zero attached hydrogens (tertiary/aromatic N) is 1. The second-order valence-corrected chi connectivity index (χ2v) is 6.29. The number of aliphatic imine (C=N–C) groups is 1. The lowest BCUT2D eigenvalue weighted by Gasteiger charge is -2.12. The second-order valence-electron chi connectivity index (χ2n) is 4.03. The highest BCUT2D eigenvalue weighted by Gasteiger charge is 2.26. The Morgan fingerprint density at radius 3 is 2.30 bits per heavy atom. The molecule has 0 aromatic heterocycles. The molecule has 6 nitrogen and oxygen atoms in total. The van der Waals surface area contributed by atoms with Crippen LogP contribution < -0.4 is 10.6 Å². The number of hydrogen-bond donors (Lipinski definition) is 2. The fourth-order valence-corrected chi connectivity index (χ4v) is 1.52. The van der Waals surface area contributed by atoms with E-state index in [2.05, 4.69) is 15.6 Å². The van der Waals surface area contributed by atoms with Crippen LogP contribution in [0.3, 0.4) is 0 Å². The van der Waals surface area contributed by atoms with Gasteiger partial charge in [-0.15, -0.1) is 0 Å². The fraction of sp³-hybridized carbons (Fsp3) is 0.900. The summed E-state index contributed by atoms with van der Waals surface area (Å²) in [5.41, 5.74) is 0. The Morgan fingerprint density at radius 1 is 1.20 bits per heavy atom. The van der Waals surface area contributed by atoms with Gasteiger partial charge in [-0.05, 0) is 0 Å². The molecule has 0 bridgehead atoms. The first-order valence-corrected chi connectivity index (χ1v) is 7.97. The number of nitrogens with one attached hydrogen (secondary N) is 2. The molecule has 0 amide bonds. The van der Waals surface area contributed by atoms with Gasteiger partial charge in [0.1, 0.15) is 9.84 Å². The van der Waals surface area contributed by atoms with Gasteiger partial charge < -0.3 is 15.4 Å². The lowest BCUT2D eigenvalue weighted by atomic mass is 10.4. The van der Waals surface area contributed by atoms with Crippen LogP contribution in [0.5, 0.6) is 0 Å². The first-order valence-electron chi connectivity index (χ1n) is 5.91. The molecule has 0 aromatic rings. The highest BCUT2D eigenvalue weighted by Crippen LogP contribution is 2.17. The van der Waals surface area contributed by atoms with Crippen molar-refractivity contribution in [1.82, 2.24) is 10.6 Å². The predicted molar refractivity (Wildman–Crippen MR) is 70.6 cm³/mol. The van der Waals surface area contributed by atoms with E-state index in [1.165, 1.54) is 7.05 Å². The van der Waals surface area contributed by atoms with Gasteiger partial charge in [0.25, 0.3) is 0 Å². The summed E-state index contributed by atoms with van der Waals surface area (Å²) in [6.45, 7) is 0.365. The number of alkyl halides is 3. The zero-order chi connectivity index (χ0) is 15.6. The molecule has 0 aliphatic carbocycles. The quantitative estimate of drug-likeness (QED) is 0.379. The molecule has 0 rings (SSSR count). The van der Waals surface area contributed by atoms with Gasteiger partial charge in [-0.1, -0.05) is 0 Å². The van der Waals surface area contributed by atoms with Gasteiger partial charge in [-0.3, -0.25) is 4.99 Å². The average Bonchev–Trinajstić information content (AvgIpc) is 2.28. The molecule has 0 unspecified atom stereocenters. The number of ether oxygens (including phenoxy) is 1. The number of hydrogen-bond acceptors (Lipinski definition) is 4. The fourth-order valence-electron chi connectivity index (χ4n) is 1.10. The van der Waals surface area contributed by atoms with Gasteiger partial charge in [-0.2, -0.15) is 13.2 Å². The molecule has 0 atom stereocenters. The minimum atomic E-state index is -4.21. The summed E-state index contributed by atoms with van der Waals surface area (Å²) in [4.78, 5) is 3.74. The number of sulfone groups is 1. The monoisotopic (exact) mass is 319 g/mol. The van der Waals surface area contributed by atoms with Gasteiger partial charge in [0.15, 0.2) is 5.96 Å². The molecular formula is C10H20F3N3O3S. The van der Waals surface area contributed by atoms with E-state index >= 15 is 0 Å². The Hall–Kier alpha value is -1.03. The van der Waals surface area contributed by atoms with Crippen molar-refractivity contribution in [3.8, 4) is 0 Å². The van der Waals surface area contributed by atoms with Crippen molar-refractivity contribution < 1.29 is 26.3 Å². The number of rotatable bonds is 8. The van der Waals surface area contributed by atoms with Crippen LogP contribution in [0.1, 0.15) is 6.42 Å². The zero-order valence-corrected chi connectivity index (χ0v) is 12.3. The summed E-state index contributed by atoms with van der Waals surface area (Å²) in [5, 5.41) is 5.26. The van der Waals surface area contributed by atoms with Crippen molar-refractivity contribution in [1.29, 1.82) is 0 Å². The molecule has 0 saturated heterocycles. The zero-order valence-electron chi connectivity index (χ0n) is 11.5. The third-order valence-electron chi connectivity index (χ3n) is 2.06. The lowest BCUT2D eigenvalue weighted by molar-refractivity contribution is -0.132. The van der Waals surface area contributed by atoms with Crippen LogP contribution in [0, 0.1) is 0 Å². The normalized spacial score (nSPS) is 13.3. The summed E-state index contributed by atoms with van der Waals surface area (Å²) in [6.07, 6.45) is -4.04. The largest absolute Gasteiger partial charge is 0.390 e. The molecule has 0 saturated carbocycles. The SMILES string of the molecule is CN=C(NCCOCCS(C)(=O)=O)NCCC(F)(F)F. The Morgan fingerprint density at radius 2 is 1.80 bits per heavy atom. The molecule has 0 heterocycles. The van der Waals surface area contributed by atoms with Crippen molar-refractivity contribution in [3.63, 3.8) is 0 Å². The summed E-state index contributed by atoms with van der Waals surface area (Å²) >= 11 is 0. The maximum atomic E-state index is 11.9. The minimum Gasteiger partial charge on any atom is -0.379 e. The first kappa shape index (κ1) is 19.0. The van der Waals surface area contributed by atoms with Crippen molar-refractivity contribution in [2.24, 2.45) is 4.99 Å². The maximum absolute atomic E-state index is 11.9. The van der Waals surface area contributed by atoms with Crippen LogP contribution >= 0.6 is 0 Å². The molecule has 10 heteroatoms. The van der Waals surface area contributed by atoms with Crippen LogP contribution in [0.4, 0.5) is 13.2 Å². The van der Waals surface area contributed by atoms with E-state index in [9.17, 15) is 21.6 Å². The van der Waals surface area contributed by atoms with Gasteiger partial charge in [0.2, 0.25) is 0 Å². The molecule has 0 spiro atoms. The van der Waals surface area contributed by atoms with Crippen molar-refractivity contribution in [2.45, 2.75) is 12.6 Å². The first-order chi connectivity index (χ1) is 9.14. The van der Waals surface area contributed by atoms with Crippen molar-refractivity contribution in [3.05, 3.63) is 0 Å². The van der Waals surface area contributed by atoms with E-state index < -0.39 is 22.4 Å². The highest BCUT2D eigenvalue weighted by molar-refractivity contribution is 7.90. The summed E-state index contributed by atoms with van der Waals surface area (Å²) < 4.78 is 62.4. The predicted octanol–water partition coefficient (Wildman–Crippen LogP) is 0.165. The van der Waals surface area contributed by atoms with Crippen LogP contribution in [-0.4, -0.2) is 65.9 Å². The Balaban J connectivity index is 3.66. The van der Waals surface area contributed by atoms with Crippen molar-refractivity contribution >= 4 is 15.8 Å². The van der Waals surface area contributed by atoms with Gasteiger partial charge >= 0.3 is 6.18 Å². The molecule has 0 aliphatic heterocycles. The maximum Gasteiger partial charge on any atom is 0.390 e. The molecule has 120 valence electrons. The highest BCUT2D eigenvalue weighted by atomic mass is 32.2. The minimum absolute atomic E-state index is 0.0639. The molecular weight excluding hydrogens is 299 g/mol. The van der Waals surface area contributed by atoms with Gasteiger partial charge in [0.05, 0.1) is 25.4 Å². The van der Waals surface area contributed by atoms with E-state index in [4.69, 9.17) is 4.74 Å². The molecule has 0 radical (unpaired) electrons. The number of guanidine groups is 1. The van der Waals surface area contributed by atoms with E-state index in [0.717, 1.165) is 6.26 Å². The Bertz CT molecular complexity index is 396. The van der Waals surface area contributed by atoms with Gasteiger partial charge in [0, 0.05) is 26.4 Å². The summed E-state index contributed by atoms with van der Waals surface area (Å²) in [5.74, 6) is 0.173.